The molecule has 0 aliphatic carbocycles. The van der Waals surface area contributed by atoms with Crippen LogP contribution in [-0.4, -0.2) is 26.9 Å². The highest BCUT2D eigenvalue weighted by atomic mass is 32.1. The molecule has 47 heavy (non-hydrogen) atoms. The summed E-state index contributed by atoms with van der Waals surface area (Å²) in [5.41, 5.74) is 9.47. The van der Waals surface area contributed by atoms with Crippen molar-refractivity contribution in [3.8, 4) is 21.9 Å². The molecule has 0 aliphatic rings. The van der Waals surface area contributed by atoms with Crippen molar-refractivity contribution in [3.05, 3.63) is 111 Å². The summed E-state index contributed by atoms with van der Waals surface area (Å²) in [5.74, 6) is -2.76. The number of benzene rings is 2. The number of amides is 2. The molecule has 5 aromatic rings. The Labute approximate surface area is 274 Å². The van der Waals surface area contributed by atoms with Gasteiger partial charge in [0.2, 0.25) is 0 Å². The third-order valence-corrected chi connectivity index (χ3v) is 8.55. The number of hydrogen-bond acceptors (Lipinski definition) is 7. The molecule has 2 amide bonds. The van der Waals surface area contributed by atoms with E-state index in [0.717, 1.165) is 29.0 Å². The largest absolute Gasteiger partial charge is 0.366 e. The Morgan fingerprint density at radius 3 is 2.23 bits per heavy atom. The van der Waals surface area contributed by atoms with Crippen LogP contribution in [0.15, 0.2) is 59.1 Å². The summed E-state index contributed by atoms with van der Waals surface area (Å²) in [7, 11) is 0. The monoisotopic (exact) mass is 661 g/mol. The number of nitrogens with zero attached hydrogens (tertiary/aromatic N) is 3. The average Bonchev–Trinajstić information content (AvgIpc) is 3.71. The van der Waals surface area contributed by atoms with Gasteiger partial charge in [-0.25, -0.2) is 13.2 Å². The highest BCUT2D eigenvalue weighted by molar-refractivity contribution is 7.17. The van der Waals surface area contributed by atoms with Gasteiger partial charge in [-0.3, -0.25) is 14.6 Å². The summed E-state index contributed by atoms with van der Waals surface area (Å²) in [5, 5.41) is 6.89. The molecule has 0 aliphatic heterocycles. The smallest absolute Gasteiger partial charge is 0.261 e. The van der Waals surface area contributed by atoms with Crippen molar-refractivity contribution in [2.45, 2.75) is 59.4 Å². The van der Waals surface area contributed by atoms with Gasteiger partial charge in [-0.2, -0.15) is 4.98 Å². The van der Waals surface area contributed by atoms with Crippen LogP contribution in [0.25, 0.3) is 21.9 Å². The number of hydrogen-bond donors (Lipinski definition) is 2. The van der Waals surface area contributed by atoms with Crippen molar-refractivity contribution in [1.29, 1.82) is 0 Å². The molecule has 3 N–H and O–H groups in total. The number of pyridine rings is 1. The van der Waals surface area contributed by atoms with Crippen molar-refractivity contribution < 1.29 is 27.3 Å². The number of nitrogens with one attached hydrogen (secondary N) is 1. The molecule has 2 aromatic carbocycles. The van der Waals surface area contributed by atoms with Crippen molar-refractivity contribution in [1.82, 2.24) is 20.4 Å². The van der Waals surface area contributed by atoms with Gasteiger partial charge >= 0.3 is 0 Å². The first-order valence-electron chi connectivity index (χ1n) is 15.2. The van der Waals surface area contributed by atoms with Crippen LogP contribution in [0, 0.1) is 23.4 Å². The fourth-order valence-electron chi connectivity index (χ4n) is 5.14. The van der Waals surface area contributed by atoms with E-state index < -0.39 is 23.4 Å². The highest BCUT2D eigenvalue weighted by Gasteiger charge is 2.30. The van der Waals surface area contributed by atoms with Gasteiger partial charge in [0.25, 0.3) is 17.7 Å². The third kappa shape index (κ3) is 7.76. The van der Waals surface area contributed by atoms with Gasteiger partial charge < -0.3 is 15.6 Å². The molecule has 244 valence electrons. The number of aromatic nitrogens is 3. The maximum absolute atomic E-state index is 13.7. The van der Waals surface area contributed by atoms with Crippen LogP contribution >= 0.6 is 11.3 Å². The Hall–Kier alpha value is -4.84. The zero-order valence-electron chi connectivity index (χ0n) is 26.4. The first kappa shape index (κ1) is 33.5. The number of halogens is 3. The standard InChI is InChI=1S/C35H34F3N5O3S/c1-18(2)15-26-29(32(39)44)31(27-13-14-28(47-27)34(45)40-17-21-7-11-23(37)24(38)16-21)30(35-42-33(19(3)4)43-46-35)25(41-26)12-8-20-5-9-22(36)10-6-20/h5-7,9-11,13-14,16,18-19H,8,12,15,17H2,1-4H3,(H2,39,44)(H,40,45). The number of nitrogens with two attached hydrogens (primary N) is 1. The molecule has 0 bridgehead atoms. The van der Waals surface area contributed by atoms with Gasteiger partial charge in [-0.15, -0.1) is 11.3 Å². The minimum Gasteiger partial charge on any atom is -0.366 e. The van der Waals surface area contributed by atoms with Gasteiger partial charge in [0, 0.05) is 22.9 Å². The fourth-order valence-corrected chi connectivity index (χ4v) is 6.12. The Kier molecular flexibility index (Phi) is 10.2. The van der Waals surface area contributed by atoms with E-state index >= 15 is 0 Å². The molecule has 0 atom stereocenters. The molecule has 5 rings (SSSR count). The Bertz CT molecular complexity index is 1920. The van der Waals surface area contributed by atoms with E-state index in [-0.39, 0.29) is 35.7 Å². The number of carbonyl (C=O) groups excluding carboxylic acids is 2. The van der Waals surface area contributed by atoms with Crippen LogP contribution in [0.1, 0.15) is 82.0 Å². The second-order valence-electron chi connectivity index (χ2n) is 11.9. The fraction of sp³-hybridized carbons (Fsp3) is 0.286. The van der Waals surface area contributed by atoms with Crippen LogP contribution in [0.4, 0.5) is 13.2 Å². The molecular formula is C35H34F3N5O3S. The van der Waals surface area contributed by atoms with Crippen LogP contribution in [0.2, 0.25) is 0 Å². The minimum absolute atomic E-state index is 0.0255. The number of rotatable bonds is 12. The summed E-state index contributed by atoms with van der Waals surface area (Å²) in [6, 6.07) is 12.9. The molecule has 3 aromatic heterocycles. The predicted molar refractivity (Wildman–Crippen MR) is 173 cm³/mol. The summed E-state index contributed by atoms with van der Waals surface area (Å²) in [4.78, 5) is 36.9. The predicted octanol–water partition coefficient (Wildman–Crippen LogP) is 7.41. The van der Waals surface area contributed by atoms with Crippen molar-refractivity contribution in [2.24, 2.45) is 11.7 Å². The van der Waals surface area contributed by atoms with E-state index in [4.69, 9.17) is 15.2 Å². The zero-order chi connectivity index (χ0) is 33.8. The van der Waals surface area contributed by atoms with Crippen molar-refractivity contribution in [2.75, 3.05) is 0 Å². The van der Waals surface area contributed by atoms with Crippen LogP contribution in [-0.2, 0) is 25.8 Å². The van der Waals surface area contributed by atoms with E-state index in [0.29, 0.717) is 62.9 Å². The van der Waals surface area contributed by atoms with Crippen molar-refractivity contribution in [3.63, 3.8) is 0 Å². The summed E-state index contributed by atoms with van der Waals surface area (Å²) in [6.45, 7) is 7.84. The lowest BCUT2D eigenvalue weighted by Gasteiger charge is -2.19. The summed E-state index contributed by atoms with van der Waals surface area (Å²) < 4.78 is 46.4. The number of thiophene rings is 1. The lowest BCUT2D eigenvalue weighted by molar-refractivity contribution is 0.0953. The SMILES string of the molecule is CC(C)Cc1nc(CCc2ccc(F)cc2)c(-c2nc(C(C)C)no2)c(-c2ccc(C(=O)NCc3ccc(F)c(F)c3)s2)c1C(N)=O. The minimum atomic E-state index is -1.01. The van der Waals surface area contributed by atoms with E-state index in [9.17, 15) is 22.8 Å². The number of carbonyl (C=O) groups is 2. The Morgan fingerprint density at radius 2 is 1.60 bits per heavy atom. The van der Waals surface area contributed by atoms with E-state index in [1.807, 2.05) is 27.7 Å². The van der Waals surface area contributed by atoms with Gasteiger partial charge in [-0.1, -0.05) is 51.1 Å². The second kappa shape index (κ2) is 14.3. The molecule has 8 nitrogen and oxygen atoms in total. The number of aryl methyl sites for hydroxylation is 2. The quantitative estimate of drug-likeness (QED) is 0.144. The van der Waals surface area contributed by atoms with E-state index in [2.05, 4.69) is 15.5 Å². The molecule has 0 spiro atoms. The molecule has 0 fully saturated rings. The molecule has 0 unspecified atom stereocenters. The normalized spacial score (nSPS) is 11.4. The maximum atomic E-state index is 13.7. The van der Waals surface area contributed by atoms with Crippen LogP contribution < -0.4 is 11.1 Å². The average molecular weight is 662 g/mol. The van der Waals surface area contributed by atoms with Gasteiger partial charge in [0.1, 0.15) is 5.82 Å². The zero-order valence-corrected chi connectivity index (χ0v) is 27.2. The van der Waals surface area contributed by atoms with Crippen molar-refractivity contribution >= 4 is 23.2 Å². The molecule has 0 saturated heterocycles. The highest BCUT2D eigenvalue weighted by Crippen LogP contribution is 2.42. The lowest BCUT2D eigenvalue weighted by atomic mass is 9.91. The summed E-state index contributed by atoms with van der Waals surface area (Å²) >= 11 is 1.13. The molecule has 3 heterocycles. The summed E-state index contributed by atoms with van der Waals surface area (Å²) in [6.07, 6.45) is 1.34. The Morgan fingerprint density at radius 1 is 0.872 bits per heavy atom. The van der Waals surface area contributed by atoms with E-state index in [1.165, 1.54) is 18.2 Å². The van der Waals surface area contributed by atoms with Crippen LogP contribution in [0.3, 0.4) is 0 Å². The first-order valence-corrected chi connectivity index (χ1v) is 16.0. The lowest BCUT2D eigenvalue weighted by Crippen LogP contribution is -2.21. The molecule has 0 radical (unpaired) electrons. The molecular weight excluding hydrogens is 627 g/mol. The first-order chi connectivity index (χ1) is 22.4. The topological polar surface area (TPSA) is 124 Å². The maximum Gasteiger partial charge on any atom is 0.261 e. The second-order valence-corrected chi connectivity index (χ2v) is 13.0. The third-order valence-electron chi connectivity index (χ3n) is 7.44. The number of primary amides is 1. The Balaban J connectivity index is 1.63. The molecule has 0 saturated carbocycles. The van der Waals surface area contributed by atoms with Gasteiger partial charge in [0.15, 0.2) is 17.5 Å². The van der Waals surface area contributed by atoms with Gasteiger partial charge in [0.05, 0.1) is 27.4 Å². The van der Waals surface area contributed by atoms with Crippen LogP contribution in [0.5, 0.6) is 0 Å². The molecule has 12 heteroatoms. The van der Waals surface area contributed by atoms with Gasteiger partial charge in [-0.05, 0) is 72.7 Å². The van der Waals surface area contributed by atoms with E-state index in [1.54, 1.807) is 24.3 Å².